The number of primary amides is 1. The largest absolute Gasteiger partial charge is 0.366 e. The summed E-state index contributed by atoms with van der Waals surface area (Å²) >= 11 is 3.43. The number of benzene rings is 1. The van der Waals surface area contributed by atoms with Crippen molar-refractivity contribution in [3.63, 3.8) is 0 Å². The molecule has 0 bridgehead atoms. The van der Waals surface area contributed by atoms with Gasteiger partial charge < -0.3 is 11.5 Å². The molecule has 0 aliphatic carbocycles. The average molecular weight is 295 g/mol. The first kappa shape index (κ1) is 11.8. The summed E-state index contributed by atoms with van der Waals surface area (Å²) in [7, 11) is 0. The number of amides is 1. The number of carbonyl (C=O) groups excluding carboxylic acids is 1. The van der Waals surface area contributed by atoms with Crippen LogP contribution < -0.4 is 11.5 Å². The maximum Gasteiger partial charge on any atom is 0.251 e. The Morgan fingerprint density at radius 2 is 2.24 bits per heavy atom. The Morgan fingerprint density at radius 1 is 1.47 bits per heavy atom. The average Bonchev–Trinajstić information content (AvgIpc) is 2.78. The minimum atomic E-state index is -0.492. The Hall–Kier alpha value is -1.66. The number of hydrogen-bond donors (Lipinski definition) is 2. The van der Waals surface area contributed by atoms with Gasteiger partial charge in [-0.25, -0.2) is 4.68 Å². The third kappa shape index (κ3) is 2.37. The Labute approximate surface area is 107 Å². The first-order chi connectivity index (χ1) is 8.11. The number of halogens is 1. The summed E-state index contributed by atoms with van der Waals surface area (Å²) in [6.07, 6.45) is 3.03. The van der Waals surface area contributed by atoms with Crippen LogP contribution in [0.1, 0.15) is 15.9 Å². The second kappa shape index (κ2) is 4.68. The van der Waals surface area contributed by atoms with E-state index < -0.39 is 5.91 Å². The van der Waals surface area contributed by atoms with E-state index in [1.807, 2.05) is 18.2 Å². The van der Waals surface area contributed by atoms with Crippen LogP contribution in [0.4, 0.5) is 0 Å². The van der Waals surface area contributed by atoms with Crippen molar-refractivity contribution in [2.75, 3.05) is 0 Å². The van der Waals surface area contributed by atoms with Gasteiger partial charge in [0.25, 0.3) is 5.91 Å². The van der Waals surface area contributed by atoms with E-state index in [-0.39, 0.29) is 0 Å². The minimum Gasteiger partial charge on any atom is -0.366 e. The van der Waals surface area contributed by atoms with Crippen molar-refractivity contribution in [1.82, 2.24) is 9.78 Å². The molecule has 0 aliphatic rings. The normalized spacial score (nSPS) is 10.5. The van der Waals surface area contributed by atoms with Crippen molar-refractivity contribution in [3.05, 3.63) is 46.2 Å². The summed E-state index contributed by atoms with van der Waals surface area (Å²) in [5, 5.41) is 4.07. The molecule has 17 heavy (non-hydrogen) atoms. The maximum atomic E-state index is 11.0. The van der Waals surface area contributed by atoms with Gasteiger partial charge in [0.2, 0.25) is 0 Å². The summed E-state index contributed by atoms with van der Waals surface area (Å²) in [4.78, 5) is 11.0. The van der Waals surface area contributed by atoms with E-state index in [9.17, 15) is 4.79 Å². The quantitative estimate of drug-likeness (QED) is 0.891. The Kier molecular flexibility index (Phi) is 3.26. The number of hydrogen-bond acceptors (Lipinski definition) is 3. The van der Waals surface area contributed by atoms with Gasteiger partial charge in [-0.2, -0.15) is 5.10 Å². The topological polar surface area (TPSA) is 86.9 Å². The van der Waals surface area contributed by atoms with Crippen molar-refractivity contribution in [2.45, 2.75) is 6.54 Å². The van der Waals surface area contributed by atoms with Gasteiger partial charge in [-0.1, -0.05) is 22.0 Å². The second-order valence-corrected chi connectivity index (χ2v) is 4.37. The zero-order valence-corrected chi connectivity index (χ0v) is 10.5. The van der Waals surface area contributed by atoms with Crippen molar-refractivity contribution >= 4 is 21.8 Å². The number of aromatic nitrogens is 2. The van der Waals surface area contributed by atoms with Gasteiger partial charge in [-0.05, 0) is 17.7 Å². The lowest BCUT2D eigenvalue weighted by atomic mass is 10.2. The lowest BCUT2D eigenvalue weighted by Gasteiger charge is -2.05. The Bertz CT molecular complexity index is 564. The fraction of sp³-hybridized carbons (Fsp3) is 0.0909. The van der Waals surface area contributed by atoms with Crippen LogP contribution in [-0.4, -0.2) is 15.7 Å². The van der Waals surface area contributed by atoms with Crippen molar-refractivity contribution in [2.24, 2.45) is 11.5 Å². The maximum absolute atomic E-state index is 11.0. The highest BCUT2D eigenvalue weighted by molar-refractivity contribution is 9.10. The van der Waals surface area contributed by atoms with Gasteiger partial charge in [0.05, 0.1) is 17.4 Å². The number of nitrogens with two attached hydrogens (primary N) is 2. The standard InChI is InChI=1S/C11H11BrN4O/c12-10-3-9(2-1-7(10)4-13)16-6-8(5-15-16)11(14)17/h1-3,5-6H,4,13H2,(H2,14,17). The first-order valence-corrected chi connectivity index (χ1v) is 5.74. The molecule has 5 nitrogen and oxygen atoms in total. The highest BCUT2D eigenvalue weighted by Crippen LogP contribution is 2.20. The summed E-state index contributed by atoms with van der Waals surface area (Å²) < 4.78 is 2.50. The SMILES string of the molecule is NCc1ccc(-n2cc(C(N)=O)cn2)cc1Br. The number of carbonyl (C=O) groups is 1. The molecule has 0 fully saturated rings. The highest BCUT2D eigenvalue weighted by Gasteiger charge is 2.06. The third-order valence-corrected chi connectivity index (χ3v) is 3.13. The van der Waals surface area contributed by atoms with E-state index >= 15 is 0 Å². The molecular formula is C11H11BrN4O. The van der Waals surface area contributed by atoms with E-state index in [0.29, 0.717) is 12.1 Å². The van der Waals surface area contributed by atoms with Crippen molar-refractivity contribution < 1.29 is 4.79 Å². The van der Waals surface area contributed by atoms with Gasteiger partial charge >= 0.3 is 0 Å². The monoisotopic (exact) mass is 294 g/mol. The Balaban J connectivity index is 2.39. The molecule has 2 rings (SSSR count). The van der Waals surface area contributed by atoms with Crippen LogP contribution in [0.15, 0.2) is 35.1 Å². The van der Waals surface area contributed by atoms with Gasteiger partial charge in [0, 0.05) is 17.2 Å². The first-order valence-electron chi connectivity index (χ1n) is 4.95. The zero-order valence-electron chi connectivity index (χ0n) is 8.93. The molecular weight excluding hydrogens is 284 g/mol. The van der Waals surface area contributed by atoms with E-state index in [1.54, 1.807) is 10.9 Å². The van der Waals surface area contributed by atoms with Gasteiger partial charge in [-0.15, -0.1) is 0 Å². The van der Waals surface area contributed by atoms with E-state index in [2.05, 4.69) is 21.0 Å². The summed E-state index contributed by atoms with van der Waals surface area (Å²) in [5.74, 6) is -0.492. The number of nitrogens with zero attached hydrogens (tertiary/aromatic N) is 2. The molecule has 1 aromatic carbocycles. The van der Waals surface area contributed by atoms with Crippen molar-refractivity contribution in [3.8, 4) is 5.69 Å². The summed E-state index contributed by atoms with van der Waals surface area (Å²) in [6.45, 7) is 0.465. The molecule has 0 aliphatic heterocycles. The fourth-order valence-electron chi connectivity index (χ4n) is 1.44. The summed E-state index contributed by atoms with van der Waals surface area (Å²) in [6, 6.07) is 5.68. The van der Waals surface area contributed by atoms with Crippen LogP contribution in [0.2, 0.25) is 0 Å². The van der Waals surface area contributed by atoms with Crippen LogP contribution in [0.3, 0.4) is 0 Å². The Morgan fingerprint density at radius 3 is 2.76 bits per heavy atom. The van der Waals surface area contributed by atoms with E-state index in [0.717, 1.165) is 15.7 Å². The third-order valence-electron chi connectivity index (χ3n) is 2.39. The molecule has 0 spiro atoms. The molecule has 2 aromatic rings. The minimum absolute atomic E-state index is 0.379. The summed E-state index contributed by atoms with van der Waals surface area (Å²) in [5.41, 5.74) is 13.0. The van der Waals surface area contributed by atoms with Crippen LogP contribution in [0.5, 0.6) is 0 Å². The smallest absolute Gasteiger partial charge is 0.251 e. The van der Waals surface area contributed by atoms with Crippen LogP contribution in [0, 0.1) is 0 Å². The van der Waals surface area contributed by atoms with Gasteiger partial charge in [0.1, 0.15) is 0 Å². The predicted molar refractivity (Wildman–Crippen MR) is 67.7 cm³/mol. The lowest BCUT2D eigenvalue weighted by Crippen LogP contribution is -2.09. The van der Waals surface area contributed by atoms with E-state index in [1.165, 1.54) is 6.20 Å². The molecule has 1 heterocycles. The zero-order chi connectivity index (χ0) is 12.4. The molecule has 0 saturated heterocycles. The van der Waals surface area contributed by atoms with Gasteiger partial charge in [0.15, 0.2) is 0 Å². The molecule has 0 saturated carbocycles. The van der Waals surface area contributed by atoms with Gasteiger partial charge in [-0.3, -0.25) is 4.79 Å². The molecule has 1 aromatic heterocycles. The second-order valence-electron chi connectivity index (χ2n) is 3.52. The number of rotatable bonds is 3. The molecule has 0 unspecified atom stereocenters. The van der Waals surface area contributed by atoms with Crippen LogP contribution in [0.25, 0.3) is 5.69 Å². The highest BCUT2D eigenvalue weighted by atomic mass is 79.9. The lowest BCUT2D eigenvalue weighted by molar-refractivity contribution is 0.100. The fourth-order valence-corrected chi connectivity index (χ4v) is 1.96. The molecule has 4 N–H and O–H groups in total. The molecule has 88 valence electrons. The molecule has 0 atom stereocenters. The molecule has 0 radical (unpaired) electrons. The molecule has 6 heteroatoms. The predicted octanol–water partition coefficient (Wildman–Crippen LogP) is 1.19. The van der Waals surface area contributed by atoms with Crippen LogP contribution in [-0.2, 0) is 6.54 Å². The van der Waals surface area contributed by atoms with Crippen LogP contribution >= 0.6 is 15.9 Å². The van der Waals surface area contributed by atoms with Crippen molar-refractivity contribution in [1.29, 1.82) is 0 Å². The van der Waals surface area contributed by atoms with E-state index in [4.69, 9.17) is 11.5 Å². The molecule has 1 amide bonds.